The Morgan fingerprint density at radius 3 is 2.57 bits per heavy atom. The smallest absolute Gasteiger partial charge is 0.272 e. The lowest BCUT2D eigenvalue weighted by molar-refractivity contribution is -0.133. The van der Waals surface area contributed by atoms with Crippen molar-refractivity contribution >= 4 is 23.0 Å². The molecule has 1 saturated heterocycles. The Hall–Kier alpha value is -3.27. The first-order valence-electron chi connectivity index (χ1n) is 12.0. The van der Waals surface area contributed by atoms with Crippen LogP contribution < -0.4 is 0 Å². The zero-order valence-electron chi connectivity index (χ0n) is 21.6. The molecule has 1 amide bonds. The van der Waals surface area contributed by atoms with E-state index < -0.39 is 11.2 Å². The van der Waals surface area contributed by atoms with Gasteiger partial charge in [-0.3, -0.25) is 14.6 Å². The average molecular weight is 479 g/mol. The van der Waals surface area contributed by atoms with E-state index in [0.29, 0.717) is 37.2 Å². The molecule has 1 aromatic carbocycles. The van der Waals surface area contributed by atoms with Crippen LogP contribution in [0.15, 0.2) is 41.5 Å². The van der Waals surface area contributed by atoms with Gasteiger partial charge in [0.05, 0.1) is 0 Å². The van der Waals surface area contributed by atoms with E-state index >= 15 is 0 Å². The Labute approximate surface area is 207 Å². The van der Waals surface area contributed by atoms with Crippen molar-refractivity contribution in [2.24, 2.45) is 16.3 Å². The Morgan fingerprint density at radius 2 is 1.97 bits per heavy atom. The van der Waals surface area contributed by atoms with E-state index in [-0.39, 0.29) is 29.8 Å². The number of carbonyl (C=O) groups is 2. The van der Waals surface area contributed by atoms with E-state index in [1.807, 2.05) is 32.2 Å². The first-order valence-corrected chi connectivity index (χ1v) is 12.0. The van der Waals surface area contributed by atoms with E-state index in [0.717, 1.165) is 11.1 Å². The molecule has 0 aromatic heterocycles. The van der Waals surface area contributed by atoms with Gasteiger partial charge in [0, 0.05) is 30.7 Å². The monoisotopic (exact) mass is 478 g/mol. The second kappa shape index (κ2) is 10.2. The van der Waals surface area contributed by atoms with Crippen molar-refractivity contribution in [1.82, 2.24) is 9.80 Å². The molecule has 0 radical (unpaired) electrons. The number of aliphatic imine (C=N–C) groups is 1. The highest BCUT2D eigenvalue weighted by molar-refractivity contribution is 6.43. The molecule has 1 unspecified atom stereocenters. The van der Waals surface area contributed by atoms with Crippen molar-refractivity contribution in [3.05, 3.63) is 53.5 Å². The third-order valence-electron chi connectivity index (χ3n) is 6.89. The summed E-state index contributed by atoms with van der Waals surface area (Å²) >= 11 is 0. The number of halogens is 1. The first kappa shape index (κ1) is 26.3. The lowest BCUT2D eigenvalue weighted by atomic mass is 9.72. The number of allylic oxidation sites excluding steroid dienone is 2. The van der Waals surface area contributed by atoms with Crippen LogP contribution in [0.1, 0.15) is 58.6 Å². The highest BCUT2D eigenvalue weighted by Crippen LogP contribution is 2.35. The molecule has 3 rings (SSSR count). The fraction of sp³-hybridized carbons (Fsp3) is 0.500. The molecule has 2 aliphatic rings. The quantitative estimate of drug-likeness (QED) is 0.579. The molecule has 7 heteroatoms. The maximum Gasteiger partial charge on any atom is 0.272 e. The van der Waals surface area contributed by atoms with Crippen LogP contribution in [0.5, 0.6) is 0 Å². The summed E-state index contributed by atoms with van der Waals surface area (Å²) in [6, 6.07) is 6.99. The van der Waals surface area contributed by atoms with Crippen LogP contribution >= 0.6 is 0 Å². The summed E-state index contributed by atoms with van der Waals surface area (Å²) in [6.45, 7) is 12.9. The summed E-state index contributed by atoms with van der Waals surface area (Å²) < 4.78 is 14.3. The highest BCUT2D eigenvalue weighted by atomic mass is 19.1. The number of ketones is 1. The van der Waals surface area contributed by atoms with Gasteiger partial charge in [0.25, 0.3) is 5.91 Å². The van der Waals surface area contributed by atoms with E-state index in [9.17, 15) is 14.0 Å². The van der Waals surface area contributed by atoms with E-state index in [1.54, 1.807) is 36.1 Å². The second-order valence-electron chi connectivity index (χ2n) is 11.1. The lowest BCUT2D eigenvalue weighted by Gasteiger charge is -2.42. The molecule has 0 bridgehead atoms. The lowest BCUT2D eigenvalue weighted by Crippen LogP contribution is -2.51. The van der Waals surface area contributed by atoms with Crippen LogP contribution in [0, 0.1) is 35.4 Å². The van der Waals surface area contributed by atoms with Crippen LogP contribution in [0.2, 0.25) is 0 Å². The fourth-order valence-electron chi connectivity index (χ4n) is 4.57. The Bertz CT molecular complexity index is 1130. The van der Waals surface area contributed by atoms with E-state index in [2.05, 4.69) is 30.7 Å². The molecule has 1 atom stereocenters. The van der Waals surface area contributed by atoms with Crippen LogP contribution in [-0.2, 0) is 9.59 Å². The number of amides is 1. The zero-order chi connectivity index (χ0) is 26.0. The molecule has 35 heavy (non-hydrogen) atoms. The molecule has 0 aliphatic carbocycles. The number of hydrogen-bond donors (Lipinski definition) is 0. The topological polar surface area (TPSA) is 76.8 Å². The normalized spacial score (nSPS) is 24.6. The van der Waals surface area contributed by atoms with Crippen LogP contribution in [0.25, 0.3) is 5.57 Å². The molecule has 2 heterocycles. The van der Waals surface area contributed by atoms with Crippen molar-refractivity contribution < 1.29 is 14.0 Å². The Balaban J connectivity index is 1.88. The summed E-state index contributed by atoms with van der Waals surface area (Å²) in [6.07, 6.45) is 6.62. The number of rotatable bonds is 3. The number of benzene rings is 1. The molecule has 0 saturated carbocycles. The molecule has 0 spiro atoms. The predicted molar refractivity (Wildman–Crippen MR) is 136 cm³/mol. The predicted octanol–water partition coefficient (Wildman–Crippen LogP) is 4.90. The molecular formula is C28H35FN4O2. The number of hydrogen-bond acceptors (Lipinski definition) is 5. The summed E-state index contributed by atoms with van der Waals surface area (Å²) in [5.74, 6) is -1.24. The largest absolute Gasteiger partial charge is 0.353 e. The molecule has 186 valence electrons. The minimum Gasteiger partial charge on any atom is -0.353 e. The molecule has 2 aliphatic heterocycles. The van der Waals surface area contributed by atoms with Crippen molar-refractivity contribution in [1.29, 1.82) is 5.26 Å². The first-order chi connectivity index (χ1) is 16.3. The number of Topliss-reactive ketones (excluding diaryl/α,β-unsaturated/α-hetero) is 1. The number of nitrogens with zero attached hydrogens (tertiary/aromatic N) is 4. The van der Waals surface area contributed by atoms with Gasteiger partial charge < -0.3 is 9.80 Å². The fourth-order valence-corrected chi connectivity index (χ4v) is 4.57. The molecule has 0 N–H and O–H groups in total. The summed E-state index contributed by atoms with van der Waals surface area (Å²) in [5.41, 5.74) is 1.92. The third kappa shape index (κ3) is 6.05. The number of carbonyl (C=O) groups excluding carboxylic acids is 2. The Morgan fingerprint density at radius 1 is 1.26 bits per heavy atom. The van der Waals surface area contributed by atoms with Gasteiger partial charge in [0.2, 0.25) is 5.78 Å². The van der Waals surface area contributed by atoms with Gasteiger partial charge in [-0.1, -0.05) is 32.1 Å². The number of nitriles is 1. The average Bonchev–Trinajstić information content (AvgIpc) is 2.89. The van der Waals surface area contributed by atoms with Gasteiger partial charge in [0.1, 0.15) is 24.3 Å². The van der Waals surface area contributed by atoms with Gasteiger partial charge in [-0.15, -0.1) is 0 Å². The van der Waals surface area contributed by atoms with Crippen molar-refractivity contribution in [2.45, 2.75) is 59.9 Å². The van der Waals surface area contributed by atoms with Crippen LogP contribution in [-0.4, -0.2) is 52.5 Å². The minimum absolute atomic E-state index is 0.184. The molecule has 1 fully saturated rings. The van der Waals surface area contributed by atoms with E-state index in [4.69, 9.17) is 5.26 Å². The molecule has 1 aromatic rings. The minimum atomic E-state index is -0.495. The Kier molecular flexibility index (Phi) is 7.64. The zero-order valence-corrected chi connectivity index (χ0v) is 21.6. The van der Waals surface area contributed by atoms with Crippen molar-refractivity contribution in [3.63, 3.8) is 0 Å². The van der Waals surface area contributed by atoms with Crippen LogP contribution in [0.4, 0.5) is 4.39 Å². The van der Waals surface area contributed by atoms with Crippen molar-refractivity contribution in [3.8, 4) is 6.07 Å². The molecular weight excluding hydrogens is 443 g/mol. The summed E-state index contributed by atoms with van der Waals surface area (Å²) in [4.78, 5) is 34.0. The number of aryl methyl sites for hydroxylation is 1. The van der Waals surface area contributed by atoms with Gasteiger partial charge in [-0.2, -0.15) is 5.26 Å². The maximum atomic E-state index is 14.3. The number of likely N-dealkylation sites (tertiary alicyclic amines) is 1. The number of piperidine rings is 1. The molecule has 6 nitrogen and oxygen atoms in total. The third-order valence-corrected chi connectivity index (χ3v) is 6.89. The van der Waals surface area contributed by atoms with Crippen LogP contribution in [0.3, 0.4) is 0 Å². The summed E-state index contributed by atoms with van der Waals surface area (Å²) in [7, 11) is 0. The second-order valence-corrected chi connectivity index (χ2v) is 11.1. The van der Waals surface area contributed by atoms with Gasteiger partial charge >= 0.3 is 0 Å². The highest BCUT2D eigenvalue weighted by Gasteiger charge is 2.42. The maximum absolute atomic E-state index is 14.3. The summed E-state index contributed by atoms with van der Waals surface area (Å²) in [5, 5.41) is 9.07. The van der Waals surface area contributed by atoms with Gasteiger partial charge in [0.15, 0.2) is 0 Å². The standard InChI is InChI=1S/C28H35FN4O2/c1-19-10-11-20(14-23(19)29)21-8-7-9-24(31-18-33(16-21)27(2,3)4)26(35)32-13-12-22(25(34)15-30)28(5,6)17-32/h7,9-11,14,16,22H,8,12-13,17-18H2,1-6H3/b9-7-,21-16+,31-24+. The SMILES string of the molecule is Cc1ccc(/C2=C/N(C(C)(C)C)C/N=C(C(=O)N3CCC(C(=O)C#N)C(C)(C)C3)\C=C/C2)cc1F. The van der Waals surface area contributed by atoms with Gasteiger partial charge in [-0.05, 0) is 74.8 Å². The van der Waals surface area contributed by atoms with Gasteiger partial charge in [-0.25, -0.2) is 4.39 Å². The van der Waals surface area contributed by atoms with E-state index in [1.165, 1.54) is 0 Å². The van der Waals surface area contributed by atoms with Crippen molar-refractivity contribution in [2.75, 3.05) is 19.8 Å².